The molecule has 0 aliphatic heterocycles. The van der Waals surface area contributed by atoms with Crippen LogP contribution in [0.2, 0.25) is 0 Å². The third kappa shape index (κ3) is 7.31. The van der Waals surface area contributed by atoms with E-state index < -0.39 is 12.1 Å². The van der Waals surface area contributed by atoms with Crippen molar-refractivity contribution in [1.29, 1.82) is 0 Å². The monoisotopic (exact) mass is 520 g/mol. The van der Waals surface area contributed by atoms with E-state index in [4.69, 9.17) is 9.47 Å². The third-order valence-electron chi connectivity index (χ3n) is 7.00. The zero-order valence-corrected chi connectivity index (χ0v) is 22.1. The van der Waals surface area contributed by atoms with Crippen LogP contribution in [0.25, 0.3) is 21.9 Å². The lowest BCUT2D eigenvalue weighted by atomic mass is 9.90. The maximum atomic E-state index is 14.0. The number of halogens is 3. The summed E-state index contributed by atoms with van der Waals surface area (Å²) in [6, 6.07) is 26.1. The molecular weight excluding hydrogens is 485 g/mol. The van der Waals surface area contributed by atoms with Crippen molar-refractivity contribution in [3.8, 4) is 22.6 Å². The summed E-state index contributed by atoms with van der Waals surface area (Å²) < 4.78 is 53.2. The largest absolute Gasteiger partial charge is 0.497 e. The highest BCUT2D eigenvalue weighted by atomic mass is 19.4. The van der Waals surface area contributed by atoms with Crippen molar-refractivity contribution in [2.45, 2.75) is 57.5 Å². The number of unbranched alkanes of at least 4 members (excludes halogenated alkanes) is 3. The highest BCUT2D eigenvalue weighted by Crippen LogP contribution is 2.39. The quantitative estimate of drug-likeness (QED) is 0.173. The second-order valence-corrected chi connectivity index (χ2v) is 9.74. The number of hydrogen-bond acceptors (Lipinski definition) is 2. The molecule has 0 aliphatic carbocycles. The van der Waals surface area contributed by atoms with Gasteiger partial charge in [0.1, 0.15) is 11.5 Å². The van der Waals surface area contributed by atoms with E-state index in [1.165, 1.54) is 19.3 Å². The minimum atomic E-state index is -4.32. The molecule has 0 aliphatic rings. The van der Waals surface area contributed by atoms with Crippen LogP contribution < -0.4 is 9.47 Å². The molecule has 1 unspecified atom stereocenters. The van der Waals surface area contributed by atoms with Crippen molar-refractivity contribution >= 4 is 10.8 Å². The van der Waals surface area contributed by atoms with Gasteiger partial charge in [-0.1, -0.05) is 86.8 Å². The molecule has 2 nitrogen and oxygen atoms in total. The average molecular weight is 521 g/mol. The summed E-state index contributed by atoms with van der Waals surface area (Å²) in [7, 11) is 1.57. The van der Waals surface area contributed by atoms with Gasteiger partial charge in [0.15, 0.2) is 0 Å². The second kappa shape index (κ2) is 12.9. The summed E-state index contributed by atoms with van der Waals surface area (Å²) in [5.41, 5.74) is 3.26. The highest BCUT2D eigenvalue weighted by Gasteiger charge is 2.40. The summed E-state index contributed by atoms with van der Waals surface area (Å²) in [5, 5.41) is 1.63. The van der Waals surface area contributed by atoms with E-state index in [0.29, 0.717) is 17.7 Å². The predicted octanol–water partition coefficient (Wildman–Crippen LogP) is 9.75. The Bertz CT molecular complexity index is 1290. The number of methoxy groups -OCH3 is 1. The molecule has 0 radical (unpaired) electrons. The number of alkyl halides is 3. The smallest absolute Gasteiger partial charge is 0.395 e. The number of hydrogen-bond donors (Lipinski definition) is 0. The van der Waals surface area contributed by atoms with Crippen LogP contribution in [0.15, 0.2) is 84.9 Å². The lowest BCUT2D eigenvalue weighted by molar-refractivity contribution is -0.151. The molecule has 0 N–H and O–H groups in total. The van der Waals surface area contributed by atoms with Crippen LogP contribution in [0, 0.1) is 0 Å². The van der Waals surface area contributed by atoms with Crippen molar-refractivity contribution in [3.63, 3.8) is 0 Å². The van der Waals surface area contributed by atoms with Crippen LogP contribution in [-0.2, 0) is 6.42 Å². The van der Waals surface area contributed by atoms with Crippen LogP contribution in [0.1, 0.15) is 56.1 Å². The van der Waals surface area contributed by atoms with E-state index in [2.05, 4.69) is 6.92 Å². The van der Waals surface area contributed by atoms with Gasteiger partial charge in [0.05, 0.1) is 19.6 Å². The van der Waals surface area contributed by atoms with E-state index in [0.717, 1.165) is 46.2 Å². The van der Waals surface area contributed by atoms with E-state index in [1.807, 2.05) is 54.6 Å². The van der Waals surface area contributed by atoms with Crippen molar-refractivity contribution < 1.29 is 22.6 Å². The fourth-order valence-corrected chi connectivity index (χ4v) is 4.74. The van der Waals surface area contributed by atoms with Gasteiger partial charge >= 0.3 is 6.18 Å². The van der Waals surface area contributed by atoms with E-state index in [-0.39, 0.29) is 6.42 Å². The molecule has 1 atom stereocenters. The molecule has 5 heteroatoms. The Morgan fingerprint density at radius 2 is 1.34 bits per heavy atom. The molecule has 4 rings (SSSR count). The molecule has 0 fully saturated rings. The topological polar surface area (TPSA) is 18.5 Å². The highest BCUT2D eigenvalue weighted by molar-refractivity contribution is 5.84. The maximum Gasteiger partial charge on any atom is 0.395 e. The molecule has 0 saturated carbocycles. The summed E-state index contributed by atoms with van der Waals surface area (Å²) in [4.78, 5) is 0. The standard InChI is InChI=1S/C33H35F3O2/c1-3-4-5-6-21-38-30-17-14-26(15-18-30)25-10-7-24(8-11-25)9-20-32(33(34,35)36)29-13-12-28-23-31(37-2)19-16-27(28)22-29/h7-8,10-19,22-23,32H,3-6,9,20-21H2,1-2H3. The Labute approximate surface area is 223 Å². The van der Waals surface area contributed by atoms with Crippen LogP contribution in [0.5, 0.6) is 11.5 Å². The predicted molar refractivity (Wildman–Crippen MR) is 149 cm³/mol. The van der Waals surface area contributed by atoms with Crippen LogP contribution in [0.4, 0.5) is 13.2 Å². The first-order chi connectivity index (χ1) is 18.4. The normalized spacial score (nSPS) is 12.4. The molecule has 38 heavy (non-hydrogen) atoms. The van der Waals surface area contributed by atoms with Crippen LogP contribution >= 0.6 is 0 Å². The van der Waals surface area contributed by atoms with Crippen molar-refractivity contribution in [1.82, 2.24) is 0 Å². The van der Waals surface area contributed by atoms with Gasteiger partial charge in [0, 0.05) is 0 Å². The van der Waals surface area contributed by atoms with Gasteiger partial charge in [-0.25, -0.2) is 0 Å². The second-order valence-electron chi connectivity index (χ2n) is 9.74. The minimum absolute atomic E-state index is 0.00516. The maximum absolute atomic E-state index is 14.0. The SMILES string of the molecule is CCCCCCOc1ccc(-c2ccc(CCC(c3ccc4cc(OC)ccc4c3)C(F)(F)F)cc2)cc1. The van der Waals surface area contributed by atoms with Crippen molar-refractivity contribution in [2.75, 3.05) is 13.7 Å². The number of ether oxygens (including phenoxy) is 2. The Hall–Kier alpha value is -3.47. The van der Waals surface area contributed by atoms with Gasteiger partial charge in [-0.3, -0.25) is 0 Å². The lowest BCUT2D eigenvalue weighted by Crippen LogP contribution is -2.21. The molecule has 0 bridgehead atoms. The molecule has 0 spiro atoms. The zero-order valence-electron chi connectivity index (χ0n) is 22.1. The molecule has 200 valence electrons. The first-order valence-electron chi connectivity index (χ1n) is 13.3. The van der Waals surface area contributed by atoms with Crippen LogP contribution in [-0.4, -0.2) is 19.9 Å². The van der Waals surface area contributed by atoms with Gasteiger partial charge < -0.3 is 9.47 Å². The van der Waals surface area contributed by atoms with Crippen molar-refractivity contribution in [2.24, 2.45) is 0 Å². The van der Waals surface area contributed by atoms with Gasteiger partial charge in [-0.2, -0.15) is 13.2 Å². The minimum Gasteiger partial charge on any atom is -0.497 e. The fraction of sp³-hybridized carbons (Fsp3) is 0.333. The van der Waals surface area contributed by atoms with Crippen LogP contribution in [0.3, 0.4) is 0 Å². The Balaban J connectivity index is 1.39. The van der Waals surface area contributed by atoms with E-state index >= 15 is 0 Å². The Morgan fingerprint density at radius 1 is 0.711 bits per heavy atom. The molecule has 4 aromatic rings. The zero-order chi connectivity index (χ0) is 27.0. The molecule has 0 aromatic heterocycles. The summed E-state index contributed by atoms with van der Waals surface area (Å²) >= 11 is 0. The van der Waals surface area contributed by atoms with Gasteiger partial charge in [0.25, 0.3) is 0 Å². The summed E-state index contributed by atoms with van der Waals surface area (Å²) in [6.07, 6.45) is 0.696. The average Bonchev–Trinajstić information content (AvgIpc) is 2.92. The van der Waals surface area contributed by atoms with Crippen molar-refractivity contribution in [3.05, 3.63) is 96.1 Å². The Morgan fingerprint density at radius 3 is 2.00 bits per heavy atom. The number of aryl methyl sites for hydroxylation is 1. The third-order valence-corrected chi connectivity index (χ3v) is 7.00. The Kier molecular flexibility index (Phi) is 9.33. The van der Waals surface area contributed by atoms with E-state index in [9.17, 15) is 13.2 Å². The molecular formula is C33H35F3O2. The summed E-state index contributed by atoms with van der Waals surface area (Å²) in [5.74, 6) is 0.0132. The fourth-order valence-electron chi connectivity index (χ4n) is 4.74. The van der Waals surface area contributed by atoms with Gasteiger partial charge in [-0.15, -0.1) is 0 Å². The first kappa shape index (κ1) is 27.6. The van der Waals surface area contributed by atoms with Gasteiger partial charge in [0.2, 0.25) is 0 Å². The lowest BCUT2D eigenvalue weighted by Gasteiger charge is -2.21. The molecule has 0 heterocycles. The summed E-state index contributed by atoms with van der Waals surface area (Å²) in [6.45, 7) is 2.91. The number of fused-ring (bicyclic) bond motifs is 1. The molecule has 0 amide bonds. The number of rotatable bonds is 12. The molecule has 4 aromatic carbocycles. The molecule has 0 saturated heterocycles. The first-order valence-corrected chi connectivity index (χ1v) is 13.3. The number of benzene rings is 4. The van der Waals surface area contributed by atoms with Gasteiger partial charge in [-0.05, 0) is 76.6 Å². The van der Waals surface area contributed by atoms with E-state index in [1.54, 1.807) is 37.4 Å².